The van der Waals surface area contributed by atoms with Crippen molar-refractivity contribution in [1.29, 1.82) is 0 Å². The summed E-state index contributed by atoms with van der Waals surface area (Å²) < 4.78 is 24.4. The van der Waals surface area contributed by atoms with Crippen molar-refractivity contribution in [2.24, 2.45) is 0 Å². The fourth-order valence-electron chi connectivity index (χ4n) is 2.27. The number of hydrogen-bond acceptors (Lipinski definition) is 4. The maximum absolute atomic E-state index is 13.5. The zero-order valence-electron chi connectivity index (χ0n) is 13.4. The monoisotopic (exact) mass is 376 g/mol. The summed E-state index contributed by atoms with van der Waals surface area (Å²) in [5.41, 5.74) is 4.76. The summed E-state index contributed by atoms with van der Waals surface area (Å²) in [5, 5.41) is 0.370. The Morgan fingerprint density at radius 1 is 1.12 bits per heavy atom. The number of halogens is 2. The molecule has 0 saturated carbocycles. The normalized spacial score (nSPS) is 12.7. The van der Waals surface area contributed by atoms with E-state index in [1.165, 1.54) is 30.4 Å². The minimum Gasteiger partial charge on any atom is -0.486 e. The first-order chi connectivity index (χ1) is 12.5. The number of nitrogens with one attached hydrogen (secondary N) is 2. The number of rotatable bonds is 3. The lowest BCUT2D eigenvalue weighted by molar-refractivity contribution is -0.117. The van der Waals surface area contributed by atoms with Gasteiger partial charge in [0.25, 0.3) is 11.8 Å². The molecule has 134 valence electrons. The van der Waals surface area contributed by atoms with Gasteiger partial charge in [0.1, 0.15) is 19.0 Å². The molecule has 8 heteroatoms. The summed E-state index contributed by atoms with van der Waals surface area (Å²) in [6.07, 6.45) is 2.69. The van der Waals surface area contributed by atoms with Crippen molar-refractivity contribution in [3.63, 3.8) is 0 Å². The average molecular weight is 377 g/mol. The van der Waals surface area contributed by atoms with Crippen molar-refractivity contribution in [2.75, 3.05) is 13.2 Å². The molecule has 1 heterocycles. The second-order valence-electron chi connectivity index (χ2n) is 5.28. The topological polar surface area (TPSA) is 76.7 Å². The maximum Gasteiger partial charge on any atom is 0.272 e. The molecule has 1 aliphatic heterocycles. The van der Waals surface area contributed by atoms with Gasteiger partial charge in [-0.25, -0.2) is 4.39 Å². The summed E-state index contributed by atoms with van der Waals surface area (Å²) in [7, 11) is 0. The fraction of sp³-hybridized carbons (Fsp3) is 0.111. The highest BCUT2D eigenvalue weighted by Crippen LogP contribution is 2.38. The van der Waals surface area contributed by atoms with Crippen molar-refractivity contribution in [2.45, 2.75) is 0 Å². The van der Waals surface area contributed by atoms with Crippen molar-refractivity contribution in [3.8, 4) is 11.5 Å². The van der Waals surface area contributed by atoms with E-state index in [2.05, 4.69) is 10.9 Å². The van der Waals surface area contributed by atoms with E-state index in [1.807, 2.05) is 0 Å². The zero-order chi connectivity index (χ0) is 18.5. The Balaban J connectivity index is 1.61. The van der Waals surface area contributed by atoms with Crippen molar-refractivity contribution in [1.82, 2.24) is 10.9 Å². The van der Waals surface area contributed by atoms with E-state index in [0.717, 1.165) is 6.07 Å². The van der Waals surface area contributed by atoms with E-state index >= 15 is 0 Å². The Bertz CT molecular complexity index is 885. The predicted octanol–water partition coefficient (Wildman–Crippen LogP) is 2.72. The standard InChI is InChI=1S/C18H14ClFN2O4/c19-13-9-11(10-15-17(13)26-8-7-25-15)5-6-16(23)21-22-18(24)12-3-1-2-4-14(12)20/h1-6,9-10H,7-8H2,(H,21,23)(H,22,24)/b6-5+. The summed E-state index contributed by atoms with van der Waals surface area (Å²) >= 11 is 6.12. The first-order valence-electron chi connectivity index (χ1n) is 7.66. The second kappa shape index (κ2) is 7.88. The van der Waals surface area contributed by atoms with Crippen molar-refractivity contribution in [3.05, 3.63) is 64.4 Å². The Morgan fingerprint density at radius 3 is 2.69 bits per heavy atom. The van der Waals surface area contributed by atoms with Crippen LogP contribution >= 0.6 is 11.6 Å². The smallest absolute Gasteiger partial charge is 0.272 e. The van der Waals surface area contributed by atoms with Gasteiger partial charge in [0.05, 0.1) is 10.6 Å². The van der Waals surface area contributed by atoms with Crippen LogP contribution in [0.5, 0.6) is 11.5 Å². The van der Waals surface area contributed by atoms with Crippen molar-refractivity contribution >= 4 is 29.5 Å². The number of amides is 2. The SMILES string of the molecule is O=C(/C=C/c1cc(Cl)c2c(c1)OCCO2)NNC(=O)c1ccccc1F. The Labute approximate surface area is 153 Å². The van der Waals surface area contributed by atoms with Crippen LogP contribution < -0.4 is 20.3 Å². The van der Waals surface area contributed by atoms with Gasteiger partial charge in [0, 0.05) is 6.08 Å². The van der Waals surface area contributed by atoms with Crippen LogP contribution in [0.15, 0.2) is 42.5 Å². The molecule has 6 nitrogen and oxygen atoms in total. The Hall–Kier alpha value is -3.06. The molecule has 3 rings (SSSR count). The van der Waals surface area contributed by atoms with Crippen LogP contribution in [0.4, 0.5) is 4.39 Å². The summed E-state index contributed by atoms with van der Waals surface area (Å²) in [6, 6.07) is 8.75. The molecule has 2 N–H and O–H groups in total. The van der Waals surface area contributed by atoms with Crippen LogP contribution in [-0.4, -0.2) is 25.0 Å². The van der Waals surface area contributed by atoms with Crippen LogP contribution in [0.3, 0.4) is 0 Å². The summed E-state index contributed by atoms with van der Waals surface area (Å²) in [5.74, 6) is -1.07. The highest BCUT2D eigenvalue weighted by molar-refractivity contribution is 6.32. The third kappa shape index (κ3) is 4.12. The largest absolute Gasteiger partial charge is 0.486 e. The molecule has 1 aliphatic rings. The van der Waals surface area contributed by atoms with E-state index in [4.69, 9.17) is 21.1 Å². The molecule has 0 aliphatic carbocycles. The minimum absolute atomic E-state index is 0.171. The lowest BCUT2D eigenvalue weighted by Crippen LogP contribution is -2.41. The molecular weight excluding hydrogens is 363 g/mol. The second-order valence-corrected chi connectivity index (χ2v) is 5.69. The van der Waals surface area contributed by atoms with E-state index < -0.39 is 17.6 Å². The number of hydrazine groups is 1. The highest BCUT2D eigenvalue weighted by atomic mass is 35.5. The lowest BCUT2D eigenvalue weighted by atomic mass is 10.1. The van der Waals surface area contributed by atoms with Gasteiger partial charge in [0.15, 0.2) is 11.5 Å². The molecule has 0 radical (unpaired) electrons. The van der Waals surface area contributed by atoms with Gasteiger partial charge in [-0.05, 0) is 35.9 Å². The van der Waals surface area contributed by atoms with E-state index in [9.17, 15) is 14.0 Å². The number of carbonyl (C=O) groups excluding carboxylic acids is 2. The molecule has 2 aromatic carbocycles. The molecule has 0 saturated heterocycles. The average Bonchev–Trinajstić information content (AvgIpc) is 2.65. The quantitative estimate of drug-likeness (QED) is 0.638. The summed E-state index contributed by atoms with van der Waals surface area (Å²) in [4.78, 5) is 23.6. The first-order valence-corrected chi connectivity index (χ1v) is 8.04. The number of carbonyl (C=O) groups is 2. The first kappa shape index (κ1) is 17.8. The molecular formula is C18H14ClFN2O4. The third-order valence-electron chi connectivity index (χ3n) is 3.46. The van der Waals surface area contributed by atoms with Gasteiger partial charge in [-0.3, -0.25) is 20.4 Å². The summed E-state index contributed by atoms with van der Waals surface area (Å²) in [6.45, 7) is 0.838. The number of ether oxygens (including phenoxy) is 2. The molecule has 0 spiro atoms. The molecule has 0 aromatic heterocycles. The molecule has 0 unspecified atom stereocenters. The third-order valence-corrected chi connectivity index (χ3v) is 3.74. The lowest BCUT2D eigenvalue weighted by Gasteiger charge is -2.19. The predicted molar refractivity (Wildman–Crippen MR) is 93.5 cm³/mol. The number of hydrogen-bond donors (Lipinski definition) is 2. The molecule has 26 heavy (non-hydrogen) atoms. The molecule has 0 atom stereocenters. The van der Waals surface area contributed by atoms with Gasteiger partial charge >= 0.3 is 0 Å². The van der Waals surface area contributed by atoms with Gasteiger partial charge in [-0.15, -0.1) is 0 Å². The van der Waals surface area contributed by atoms with Crippen LogP contribution in [0, 0.1) is 5.82 Å². The molecule has 0 bridgehead atoms. The van der Waals surface area contributed by atoms with Gasteiger partial charge < -0.3 is 9.47 Å². The van der Waals surface area contributed by atoms with Crippen LogP contribution in [0.2, 0.25) is 5.02 Å². The Morgan fingerprint density at radius 2 is 1.88 bits per heavy atom. The minimum atomic E-state index is -0.757. The number of fused-ring (bicyclic) bond motifs is 1. The van der Waals surface area contributed by atoms with E-state index in [1.54, 1.807) is 12.1 Å². The highest BCUT2D eigenvalue weighted by Gasteiger charge is 2.16. The Kier molecular flexibility index (Phi) is 5.38. The molecule has 2 aromatic rings. The van der Waals surface area contributed by atoms with Crippen molar-refractivity contribution < 1.29 is 23.5 Å². The van der Waals surface area contributed by atoms with E-state index in [-0.39, 0.29) is 5.56 Å². The van der Waals surface area contributed by atoms with Crippen LogP contribution in [-0.2, 0) is 4.79 Å². The molecule has 2 amide bonds. The fourth-order valence-corrected chi connectivity index (χ4v) is 2.55. The van der Waals surface area contributed by atoms with Gasteiger partial charge in [-0.1, -0.05) is 23.7 Å². The number of benzene rings is 2. The van der Waals surface area contributed by atoms with Crippen LogP contribution in [0.1, 0.15) is 15.9 Å². The zero-order valence-corrected chi connectivity index (χ0v) is 14.2. The van der Waals surface area contributed by atoms with Crippen LogP contribution in [0.25, 0.3) is 6.08 Å². The van der Waals surface area contributed by atoms with Gasteiger partial charge in [-0.2, -0.15) is 0 Å². The molecule has 0 fully saturated rings. The van der Waals surface area contributed by atoms with Gasteiger partial charge in [0.2, 0.25) is 0 Å². The van der Waals surface area contributed by atoms with E-state index in [0.29, 0.717) is 35.3 Å². The maximum atomic E-state index is 13.5.